The predicted octanol–water partition coefficient (Wildman–Crippen LogP) is 5.83. The first-order valence-electron chi connectivity index (χ1n) is 8.97. The number of aliphatic imine (C=N–C) groups is 1. The molecule has 0 aromatic heterocycles. The van der Waals surface area contributed by atoms with Crippen LogP contribution in [0.4, 0.5) is 0 Å². The van der Waals surface area contributed by atoms with E-state index < -0.39 is 0 Å². The molecular weight excluding hydrogens is 254 g/mol. The van der Waals surface area contributed by atoms with E-state index in [0.717, 1.165) is 6.54 Å². The van der Waals surface area contributed by atoms with Crippen molar-refractivity contribution in [3.8, 4) is 0 Å². The molecule has 0 bridgehead atoms. The molecule has 1 aromatic rings. The minimum Gasteiger partial charge on any atom is -0.294 e. The fourth-order valence-corrected chi connectivity index (χ4v) is 3.32. The molecule has 1 aliphatic rings. The monoisotopic (exact) mass is 285 g/mol. The first-order chi connectivity index (χ1) is 10.4. The standard InChI is InChI=1S/C20H31N/c1-2-3-4-5-6-7-11-14-20-19(15-16-21-20)17-18-12-9-8-10-13-18/h8-10,12-13,19H,2-7,11,14-17H2,1H3. The summed E-state index contributed by atoms with van der Waals surface area (Å²) in [6.45, 7) is 3.34. The van der Waals surface area contributed by atoms with E-state index >= 15 is 0 Å². The number of unbranched alkanes of at least 4 members (excludes halogenated alkanes) is 6. The first-order valence-corrected chi connectivity index (χ1v) is 8.97. The van der Waals surface area contributed by atoms with Crippen molar-refractivity contribution in [1.82, 2.24) is 0 Å². The molecule has 1 heteroatoms. The molecule has 1 atom stereocenters. The molecule has 2 rings (SSSR count). The molecular formula is C20H31N. The summed E-state index contributed by atoms with van der Waals surface area (Å²) in [6, 6.07) is 10.9. The summed E-state index contributed by atoms with van der Waals surface area (Å²) in [5, 5.41) is 0. The minimum absolute atomic E-state index is 0.715. The Labute approximate surface area is 130 Å². The molecule has 0 radical (unpaired) electrons. The van der Waals surface area contributed by atoms with Gasteiger partial charge in [0.2, 0.25) is 0 Å². The number of rotatable bonds is 10. The van der Waals surface area contributed by atoms with Crippen molar-refractivity contribution in [2.75, 3.05) is 6.54 Å². The van der Waals surface area contributed by atoms with Crippen LogP contribution in [0.3, 0.4) is 0 Å². The fraction of sp³-hybridized carbons (Fsp3) is 0.650. The summed E-state index contributed by atoms with van der Waals surface area (Å²) in [5.74, 6) is 0.715. The molecule has 0 saturated heterocycles. The molecule has 1 unspecified atom stereocenters. The van der Waals surface area contributed by atoms with Gasteiger partial charge in [0, 0.05) is 18.2 Å². The molecule has 1 nitrogen and oxygen atoms in total. The van der Waals surface area contributed by atoms with Gasteiger partial charge in [0.15, 0.2) is 0 Å². The Morgan fingerprint density at radius 3 is 2.43 bits per heavy atom. The molecule has 0 amide bonds. The maximum Gasteiger partial charge on any atom is 0.0395 e. The van der Waals surface area contributed by atoms with Crippen molar-refractivity contribution in [3.63, 3.8) is 0 Å². The zero-order valence-electron chi connectivity index (χ0n) is 13.7. The summed E-state index contributed by atoms with van der Waals surface area (Å²) >= 11 is 0. The van der Waals surface area contributed by atoms with Crippen LogP contribution >= 0.6 is 0 Å². The molecule has 0 spiro atoms. The number of nitrogens with zero attached hydrogens (tertiary/aromatic N) is 1. The van der Waals surface area contributed by atoms with E-state index in [1.807, 2.05) is 0 Å². The van der Waals surface area contributed by atoms with Gasteiger partial charge in [-0.15, -0.1) is 0 Å². The molecule has 0 aliphatic carbocycles. The van der Waals surface area contributed by atoms with Gasteiger partial charge in [-0.2, -0.15) is 0 Å². The van der Waals surface area contributed by atoms with E-state index in [-0.39, 0.29) is 0 Å². The average molecular weight is 285 g/mol. The van der Waals surface area contributed by atoms with Gasteiger partial charge in [-0.1, -0.05) is 75.8 Å². The molecule has 116 valence electrons. The topological polar surface area (TPSA) is 12.4 Å². The van der Waals surface area contributed by atoms with Crippen LogP contribution in [0, 0.1) is 5.92 Å². The lowest BCUT2D eigenvalue weighted by Crippen LogP contribution is -2.13. The summed E-state index contributed by atoms with van der Waals surface area (Å²) in [4.78, 5) is 4.78. The van der Waals surface area contributed by atoms with Gasteiger partial charge in [0.1, 0.15) is 0 Å². The van der Waals surface area contributed by atoms with Crippen LogP contribution in [0.5, 0.6) is 0 Å². The second-order valence-electron chi connectivity index (χ2n) is 6.42. The number of hydrogen-bond donors (Lipinski definition) is 0. The quantitative estimate of drug-likeness (QED) is 0.479. The van der Waals surface area contributed by atoms with Gasteiger partial charge >= 0.3 is 0 Å². The fourth-order valence-electron chi connectivity index (χ4n) is 3.32. The highest BCUT2D eigenvalue weighted by atomic mass is 14.8. The highest BCUT2D eigenvalue weighted by molar-refractivity contribution is 5.88. The van der Waals surface area contributed by atoms with E-state index in [9.17, 15) is 0 Å². The maximum absolute atomic E-state index is 4.78. The van der Waals surface area contributed by atoms with E-state index in [0.29, 0.717) is 5.92 Å². The molecule has 0 fully saturated rings. The van der Waals surface area contributed by atoms with Crippen molar-refractivity contribution in [1.29, 1.82) is 0 Å². The van der Waals surface area contributed by atoms with Gasteiger partial charge < -0.3 is 0 Å². The minimum atomic E-state index is 0.715. The van der Waals surface area contributed by atoms with Crippen molar-refractivity contribution in [2.24, 2.45) is 10.9 Å². The summed E-state index contributed by atoms with van der Waals surface area (Å²) in [5.41, 5.74) is 2.98. The Balaban J connectivity index is 1.63. The average Bonchev–Trinajstić information content (AvgIpc) is 2.95. The zero-order chi connectivity index (χ0) is 14.8. The Morgan fingerprint density at radius 1 is 0.952 bits per heavy atom. The number of benzene rings is 1. The zero-order valence-corrected chi connectivity index (χ0v) is 13.7. The third-order valence-electron chi connectivity index (χ3n) is 4.63. The summed E-state index contributed by atoms with van der Waals surface area (Å²) in [6.07, 6.45) is 13.4. The van der Waals surface area contributed by atoms with Crippen molar-refractivity contribution in [2.45, 2.75) is 71.1 Å². The first kappa shape index (κ1) is 16.3. The van der Waals surface area contributed by atoms with E-state index in [4.69, 9.17) is 4.99 Å². The largest absolute Gasteiger partial charge is 0.294 e. The SMILES string of the molecule is CCCCCCCCCC1=NCCC1Cc1ccccc1. The van der Waals surface area contributed by atoms with Gasteiger partial charge in [-0.3, -0.25) is 4.99 Å². The van der Waals surface area contributed by atoms with Crippen LogP contribution in [0.1, 0.15) is 70.3 Å². The normalized spacial score (nSPS) is 18.0. The molecule has 1 heterocycles. The summed E-state index contributed by atoms with van der Waals surface area (Å²) < 4.78 is 0. The Kier molecular flexibility index (Phi) is 7.56. The van der Waals surface area contributed by atoms with E-state index in [1.54, 1.807) is 0 Å². The van der Waals surface area contributed by atoms with Crippen LogP contribution in [0.2, 0.25) is 0 Å². The van der Waals surface area contributed by atoms with Gasteiger partial charge in [0.25, 0.3) is 0 Å². The van der Waals surface area contributed by atoms with Gasteiger partial charge in [-0.05, 0) is 31.2 Å². The predicted molar refractivity (Wildman–Crippen MR) is 93.2 cm³/mol. The maximum atomic E-state index is 4.78. The highest BCUT2D eigenvalue weighted by Crippen LogP contribution is 2.23. The molecule has 1 aliphatic heterocycles. The molecule has 0 N–H and O–H groups in total. The molecule has 21 heavy (non-hydrogen) atoms. The lowest BCUT2D eigenvalue weighted by atomic mass is 9.91. The van der Waals surface area contributed by atoms with Crippen LogP contribution in [0.25, 0.3) is 0 Å². The molecule has 0 saturated carbocycles. The van der Waals surface area contributed by atoms with Gasteiger partial charge in [0.05, 0.1) is 0 Å². The Bertz CT molecular complexity index is 407. The van der Waals surface area contributed by atoms with E-state index in [2.05, 4.69) is 37.3 Å². The summed E-state index contributed by atoms with van der Waals surface area (Å²) in [7, 11) is 0. The van der Waals surface area contributed by atoms with Crippen molar-refractivity contribution in [3.05, 3.63) is 35.9 Å². The smallest absolute Gasteiger partial charge is 0.0395 e. The van der Waals surface area contributed by atoms with Crippen LogP contribution in [0.15, 0.2) is 35.3 Å². The third-order valence-corrected chi connectivity index (χ3v) is 4.63. The van der Waals surface area contributed by atoms with Crippen LogP contribution in [-0.4, -0.2) is 12.3 Å². The Hall–Kier alpha value is -1.11. The Morgan fingerprint density at radius 2 is 1.67 bits per heavy atom. The van der Waals surface area contributed by atoms with Gasteiger partial charge in [-0.25, -0.2) is 0 Å². The lowest BCUT2D eigenvalue weighted by Gasteiger charge is -2.13. The second-order valence-corrected chi connectivity index (χ2v) is 6.42. The van der Waals surface area contributed by atoms with Crippen LogP contribution in [-0.2, 0) is 6.42 Å². The lowest BCUT2D eigenvalue weighted by molar-refractivity contribution is 0.589. The molecule has 1 aromatic carbocycles. The van der Waals surface area contributed by atoms with Crippen molar-refractivity contribution < 1.29 is 0 Å². The second kappa shape index (κ2) is 9.76. The van der Waals surface area contributed by atoms with Crippen LogP contribution < -0.4 is 0 Å². The highest BCUT2D eigenvalue weighted by Gasteiger charge is 2.20. The third kappa shape index (κ3) is 6.03. The van der Waals surface area contributed by atoms with E-state index in [1.165, 1.54) is 75.5 Å². The van der Waals surface area contributed by atoms with Crippen molar-refractivity contribution >= 4 is 5.71 Å². The number of hydrogen-bond acceptors (Lipinski definition) is 1.